The molecule has 3 aromatic rings. The number of anilines is 1. The number of imidazole rings is 1. The van der Waals surface area contributed by atoms with Crippen LogP contribution < -0.4 is 4.90 Å². The molecule has 0 amide bonds. The third-order valence-corrected chi connectivity index (χ3v) is 7.04. The zero-order valence-corrected chi connectivity index (χ0v) is 16.5. The minimum Gasteiger partial charge on any atom is -0.340 e. The standard InChI is InChI=1S/C20H24N4O2S/c1-3-24-19-7-5-4-6-18(19)21-20(24)22-12-14-23(15-13-22)27(25,26)17-10-8-16(2)9-11-17/h4-11H,3,12-15H2,1-2H3. The molecule has 0 unspecified atom stereocenters. The average Bonchev–Trinajstić information content (AvgIpc) is 3.07. The van der Waals surface area contributed by atoms with Crippen molar-refractivity contribution >= 4 is 27.0 Å². The number of fused-ring (bicyclic) bond motifs is 1. The summed E-state index contributed by atoms with van der Waals surface area (Å²) in [5, 5.41) is 0. The molecule has 27 heavy (non-hydrogen) atoms. The molecule has 0 atom stereocenters. The minimum atomic E-state index is -3.45. The van der Waals surface area contributed by atoms with Gasteiger partial charge in [-0.15, -0.1) is 0 Å². The van der Waals surface area contributed by atoms with Crippen molar-refractivity contribution in [3.05, 3.63) is 54.1 Å². The molecule has 0 bridgehead atoms. The third-order valence-electron chi connectivity index (χ3n) is 5.13. The quantitative estimate of drug-likeness (QED) is 0.694. The smallest absolute Gasteiger partial charge is 0.243 e. The van der Waals surface area contributed by atoms with Gasteiger partial charge in [0.2, 0.25) is 16.0 Å². The van der Waals surface area contributed by atoms with E-state index in [9.17, 15) is 8.42 Å². The Kier molecular flexibility index (Phi) is 4.65. The molecule has 1 aliphatic heterocycles. The largest absolute Gasteiger partial charge is 0.340 e. The second kappa shape index (κ2) is 6.98. The Balaban J connectivity index is 1.55. The normalized spacial score (nSPS) is 16.1. The Hall–Kier alpha value is -2.38. The molecular formula is C20H24N4O2S. The monoisotopic (exact) mass is 384 g/mol. The Morgan fingerprint density at radius 3 is 2.30 bits per heavy atom. The van der Waals surface area contributed by atoms with E-state index in [2.05, 4.69) is 22.5 Å². The van der Waals surface area contributed by atoms with Gasteiger partial charge in [-0.1, -0.05) is 29.8 Å². The molecule has 7 heteroatoms. The van der Waals surface area contributed by atoms with E-state index in [1.54, 1.807) is 16.4 Å². The maximum atomic E-state index is 12.9. The van der Waals surface area contributed by atoms with Gasteiger partial charge in [-0.3, -0.25) is 0 Å². The van der Waals surface area contributed by atoms with Gasteiger partial charge in [-0.2, -0.15) is 4.31 Å². The van der Waals surface area contributed by atoms with Crippen molar-refractivity contribution in [2.75, 3.05) is 31.1 Å². The molecule has 0 radical (unpaired) electrons. The minimum absolute atomic E-state index is 0.363. The highest BCUT2D eigenvalue weighted by Crippen LogP contribution is 2.25. The van der Waals surface area contributed by atoms with E-state index in [0.717, 1.165) is 29.1 Å². The van der Waals surface area contributed by atoms with Crippen molar-refractivity contribution in [2.45, 2.75) is 25.3 Å². The summed E-state index contributed by atoms with van der Waals surface area (Å²) in [7, 11) is -3.45. The summed E-state index contributed by atoms with van der Waals surface area (Å²) in [5.41, 5.74) is 3.14. The molecule has 0 spiro atoms. The predicted molar refractivity (Wildman–Crippen MR) is 108 cm³/mol. The van der Waals surface area contributed by atoms with Crippen LogP contribution in [0, 0.1) is 6.92 Å². The topological polar surface area (TPSA) is 58.4 Å². The molecule has 1 aromatic heterocycles. The molecule has 1 saturated heterocycles. The van der Waals surface area contributed by atoms with Gasteiger partial charge in [0.1, 0.15) is 0 Å². The van der Waals surface area contributed by atoms with Crippen molar-refractivity contribution in [3.63, 3.8) is 0 Å². The van der Waals surface area contributed by atoms with Crippen molar-refractivity contribution in [3.8, 4) is 0 Å². The van der Waals surface area contributed by atoms with Crippen LogP contribution in [-0.2, 0) is 16.6 Å². The van der Waals surface area contributed by atoms with Crippen molar-refractivity contribution < 1.29 is 8.42 Å². The maximum absolute atomic E-state index is 12.9. The van der Waals surface area contributed by atoms with E-state index >= 15 is 0 Å². The van der Waals surface area contributed by atoms with Gasteiger partial charge in [0.05, 0.1) is 15.9 Å². The Morgan fingerprint density at radius 1 is 0.963 bits per heavy atom. The van der Waals surface area contributed by atoms with Crippen LogP contribution in [-0.4, -0.2) is 48.5 Å². The van der Waals surface area contributed by atoms with Crippen LogP contribution in [0.25, 0.3) is 11.0 Å². The average molecular weight is 385 g/mol. The number of hydrogen-bond acceptors (Lipinski definition) is 4. The molecular weight excluding hydrogens is 360 g/mol. The molecule has 142 valence electrons. The number of aryl methyl sites for hydroxylation is 2. The van der Waals surface area contributed by atoms with E-state index in [0.29, 0.717) is 31.1 Å². The molecule has 0 aliphatic carbocycles. The van der Waals surface area contributed by atoms with E-state index in [1.165, 1.54) is 0 Å². The first-order chi connectivity index (χ1) is 13.0. The Bertz CT molecular complexity index is 1050. The van der Waals surface area contributed by atoms with Gasteiger partial charge in [0.25, 0.3) is 0 Å². The third kappa shape index (κ3) is 3.21. The molecule has 1 aliphatic rings. The van der Waals surface area contributed by atoms with Crippen LogP contribution in [0.3, 0.4) is 0 Å². The highest BCUT2D eigenvalue weighted by Gasteiger charge is 2.30. The predicted octanol–water partition coefficient (Wildman–Crippen LogP) is 2.88. The maximum Gasteiger partial charge on any atom is 0.243 e. The lowest BCUT2D eigenvalue weighted by Crippen LogP contribution is -2.49. The second-order valence-corrected chi connectivity index (χ2v) is 8.79. The highest BCUT2D eigenvalue weighted by molar-refractivity contribution is 7.89. The fraction of sp³-hybridized carbons (Fsp3) is 0.350. The molecule has 0 N–H and O–H groups in total. The van der Waals surface area contributed by atoms with Crippen LogP contribution in [0.15, 0.2) is 53.4 Å². The van der Waals surface area contributed by atoms with Crippen molar-refractivity contribution in [2.24, 2.45) is 0 Å². The van der Waals surface area contributed by atoms with Crippen LogP contribution in [0.2, 0.25) is 0 Å². The number of piperazine rings is 1. The number of benzene rings is 2. The van der Waals surface area contributed by atoms with Crippen LogP contribution >= 0.6 is 0 Å². The molecule has 0 saturated carbocycles. The summed E-state index contributed by atoms with van der Waals surface area (Å²) in [6, 6.07) is 15.2. The van der Waals surface area contributed by atoms with Gasteiger partial charge < -0.3 is 9.47 Å². The molecule has 1 fully saturated rings. The summed E-state index contributed by atoms with van der Waals surface area (Å²) >= 11 is 0. The fourth-order valence-corrected chi connectivity index (χ4v) is 5.03. The van der Waals surface area contributed by atoms with Crippen LogP contribution in [0.1, 0.15) is 12.5 Å². The molecule has 2 aromatic carbocycles. The lowest BCUT2D eigenvalue weighted by atomic mass is 10.2. The Labute approximate surface area is 160 Å². The number of nitrogens with zero attached hydrogens (tertiary/aromatic N) is 4. The zero-order chi connectivity index (χ0) is 19.0. The van der Waals surface area contributed by atoms with Gasteiger partial charge in [-0.05, 0) is 38.1 Å². The first-order valence-electron chi connectivity index (χ1n) is 9.28. The van der Waals surface area contributed by atoms with E-state index in [-0.39, 0.29) is 0 Å². The lowest BCUT2D eigenvalue weighted by Gasteiger charge is -2.34. The summed E-state index contributed by atoms with van der Waals surface area (Å²) in [4.78, 5) is 7.33. The zero-order valence-electron chi connectivity index (χ0n) is 15.7. The number of hydrogen-bond donors (Lipinski definition) is 0. The number of aromatic nitrogens is 2. The SMILES string of the molecule is CCn1c(N2CCN(S(=O)(=O)c3ccc(C)cc3)CC2)nc2ccccc21. The van der Waals surface area contributed by atoms with E-state index in [1.807, 2.05) is 37.3 Å². The summed E-state index contributed by atoms with van der Waals surface area (Å²) in [5.74, 6) is 0.922. The summed E-state index contributed by atoms with van der Waals surface area (Å²) in [6.45, 7) is 7.08. The summed E-state index contributed by atoms with van der Waals surface area (Å²) < 4.78 is 29.6. The van der Waals surface area contributed by atoms with Crippen molar-refractivity contribution in [1.29, 1.82) is 0 Å². The number of sulfonamides is 1. The van der Waals surface area contributed by atoms with Gasteiger partial charge in [0.15, 0.2) is 0 Å². The molecule has 2 heterocycles. The molecule has 4 rings (SSSR count). The second-order valence-electron chi connectivity index (χ2n) is 6.85. The number of para-hydroxylation sites is 2. The molecule has 6 nitrogen and oxygen atoms in total. The van der Waals surface area contributed by atoms with Crippen molar-refractivity contribution in [1.82, 2.24) is 13.9 Å². The van der Waals surface area contributed by atoms with Crippen LogP contribution in [0.5, 0.6) is 0 Å². The van der Waals surface area contributed by atoms with Gasteiger partial charge in [0, 0.05) is 32.7 Å². The highest BCUT2D eigenvalue weighted by atomic mass is 32.2. The summed E-state index contributed by atoms with van der Waals surface area (Å²) in [6.07, 6.45) is 0. The number of rotatable bonds is 4. The lowest BCUT2D eigenvalue weighted by molar-refractivity contribution is 0.381. The van der Waals surface area contributed by atoms with Crippen LogP contribution in [0.4, 0.5) is 5.95 Å². The first kappa shape index (κ1) is 18.0. The van der Waals surface area contributed by atoms with Gasteiger partial charge in [-0.25, -0.2) is 13.4 Å². The van der Waals surface area contributed by atoms with E-state index in [4.69, 9.17) is 4.98 Å². The van der Waals surface area contributed by atoms with Gasteiger partial charge >= 0.3 is 0 Å². The van der Waals surface area contributed by atoms with E-state index < -0.39 is 10.0 Å². The fourth-order valence-electron chi connectivity index (χ4n) is 3.60. The Morgan fingerprint density at radius 2 is 1.63 bits per heavy atom. The first-order valence-corrected chi connectivity index (χ1v) is 10.7.